The van der Waals surface area contributed by atoms with E-state index in [1.54, 1.807) is 18.2 Å². The molecule has 30 heavy (non-hydrogen) atoms. The number of para-hydroxylation sites is 1. The van der Waals surface area contributed by atoms with Crippen molar-refractivity contribution in [2.75, 3.05) is 10.7 Å². The van der Waals surface area contributed by atoms with Crippen LogP contribution in [0.5, 0.6) is 0 Å². The number of benzene rings is 2. The minimum absolute atomic E-state index is 0.168. The highest BCUT2D eigenvalue weighted by Gasteiger charge is 2.38. The van der Waals surface area contributed by atoms with Gasteiger partial charge in [0.1, 0.15) is 11.1 Å². The number of halogens is 1. The van der Waals surface area contributed by atoms with Crippen LogP contribution in [0.15, 0.2) is 53.7 Å². The van der Waals surface area contributed by atoms with Gasteiger partial charge in [0.2, 0.25) is 11.1 Å². The fraction of sp³-hybridized carbons (Fsp3) is 0.318. The molecule has 0 aliphatic carbocycles. The van der Waals surface area contributed by atoms with Crippen LogP contribution in [0.2, 0.25) is 0 Å². The zero-order valence-electron chi connectivity index (χ0n) is 16.9. The first kappa shape index (κ1) is 20.4. The lowest BCUT2D eigenvalue weighted by Gasteiger charge is -2.33. The summed E-state index contributed by atoms with van der Waals surface area (Å²) in [7, 11) is 0. The molecule has 0 saturated heterocycles. The zero-order chi connectivity index (χ0) is 21.1. The number of aromatic nitrogens is 3. The van der Waals surface area contributed by atoms with Gasteiger partial charge < -0.3 is 10.7 Å². The molecule has 6 nitrogen and oxygen atoms in total. The number of aryl methyl sites for hydroxylation is 2. The predicted molar refractivity (Wildman–Crippen MR) is 117 cm³/mol. The second kappa shape index (κ2) is 8.87. The molecule has 3 aromatic rings. The van der Waals surface area contributed by atoms with Crippen molar-refractivity contribution < 1.29 is 9.18 Å². The minimum Gasteiger partial charge on any atom is -0.323 e. The van der Waals surface area contributed by atoms with Crippen LogP contribution in [-0.2, 0) is 17.6 Å². The van der Waals surface area contributed by atoms with Crippen LogP contribution in [0.1, 0.15) is 43.3 Å². The lowest BCUT2D eigenvalue weighted by atomic mass is 10.0. The van der Waals surface area contributed by atoms with Crippen molar-refractivity contribution >= 4 is 23.4 Å². The number of hydrogen-bond acceptors (Lipinski definition) is 5. The maximum absolute atomic E-state index is 14.1. The fourth-order valence-corrected chi connectivity index (χ4v) is 4.56. The van der Waals surface area contributed by atoms with Gasteiger partial charge in [0, 0.05) is 6.42 Å². The molecule has 2 atom stereocenters. The Balaban J connectivity index is 1.67. The largest absolute Gasteiger partial charge is 0.323 e. The number of rotatable bonds is 6. The molecule has 0 spiro atoms. The molecule has 156 valence electrons. The highest BCUT2D eigenvalue weighted by Crippen LogP contribution is 2.38. The average molecular weight is 426 g/mol. The summed E-state index contributed by atoms with van der Waals surface area (Å²) in [5.74, 6) is 0.0912. The van der Waals surface area contributed by atoms with E-state index in [2.05, 4.69) is 46.9 Å². The Kier molecular flexibility index (Phi) is 6.03. The van der Waals surface area contributed by atoms with E-state index in [1.165, 1.54) is 23.4 Å². The molecule has 8 heteroatoms. The number of anilines is 1. The minimum atomic E-state index is -0.539. The first-order chi connectivity index (χ1) is 14.6. The molecule has 1 aromatic heterocycles. The number of nitrogens with one attached hydrogen (secondary N) is 2. The van der Waals surface area contributed by atoms with Gasteiger partial charge in [-0.15, -0.1) is 10.2 Å². The summed E-state index contributed by atoms with van der Waals surface area (Å²) in [5, 5.41) is 11.3. The summed E-state index contributed by atoms with van der Waals surface area (Å²) in [6.45, 7) is 4.19. The lowest BCUT2D eigenvalue weighted by molar-refractivity contribution is -0.116. The van der Waals surface area contributed by atoms with E-state index in [1.807, 2.05) is 16.8 Å². The fourth-order valence-electron chi connectivity index (χ4n) is 3.46. The van der Waals surface area contributed by atoms with Gasteiger partial charge in [0.05, 0.1) is 11.7 Å². The maximum atomic E-state index is 14.1. The normalized spacial score (nSPS) is 17.8. The number of nitrogens with zero attached hydrogens (tertiary/aromatic N) is 3. The van der Waals surface area contributed by atoms with E-state index >= 15 is 0 Å². The third-order valence-corrected chi connectivity index (χ3v) is 6.33. The van der Waals surface area contributed by atoms with E-state index in [-0.39, 0.29) is 17.6 Å². The van der Waals surface area contributed by atoms with Gasteiger partial charge in [-0.05, 0) is 36.1 Å². The number of carbonyl (C=O) groups excluding carboxylic acids is 1. The molecule has 1 aliphatic rings. The lowest BCUT2D eigenvalue weighted by Crippen LogP contribution is -2.41. The number of fused-ring (bicyclic) bond motifs is 1. The third-order valence-electron chi connectivity index (χ3n) is 5.11. The van der Waals surface area contributed by atoms with Crippen molar-refractivity contribution in [3.05, 3.63) is 71.3 Å². The summed E-state index contributed by atoms with van der Waals surface area (Å²) in [4.78, 5) is 13.2. The van der Waals surface area contributed by atoms with Crippen LogP contribution in [-0.4, -0.2) is 26.0 Å². The molecule has 2 unspecified atom stereocenters. The molecule has 0 radical (unpaired) electrons. The number of hydrogen-bond donors (Lipinski definition) is 2. The van der Waals surface area contributed by atoms with Crippen LogP contribution >= 0.6 is 11.8 Å². The number of carbonyl (C=O) groups is 1. The molecule has 2 aromatic carbocycles. The molecule has 0 bridgehead atoms. The topological polar surface area (TPSA) is 71.8 Å². The van der Waals surface area contributed by atoms with E-state index in [9.17, 15) is 9.18 Å². The van der Waals surface area contributed by atoms with Gasteiger partial charge in [-0.25, -0.2) is 9.07 Å². The van der Waals surface area contributed by atoms with Crippen LogP contribution < -0.4 is 10.7 Å². The smallest absolute Gasteiger partial charge is 0.240 e. The van der Waals surface area contributed by atoms with Gasteiger partial charge in [0.15, 0.2) is 5.82 Å². The quantitative estimate of drug-likeness (QED) is 0.615. The third kappa shape index (κ3) is 4.05. The summed E-state index contributed by atoms with van der Waals surface area (Å²) in [5.41, 5.74) is 5.81. The molecule has 1 amide bonds. The molecule has 2 heterocycles. The maximum Gasteiger partial charge on any atom is 0.240 e. The molecule has 4 rings (SSSR count). The van der Waals surface area contributed by atoms with Crippen LogP contribution in [0.4, 0.5) is 10.1 Å². The Morgan fingerprint density at radius 1 is 1.17 bits per heavy atom. The second-order valence-corrected chi connectivity index (χ2v) is 8.30. The number of amides is 1. The Hall–Kier alpha value is -2.87. The van der Waals surface area contributed by atoms with Gasteiger partial charge in [-0.1, -0.05) is 62.0 Å². The Morgan fingerprint density at radius 3 is 2.63 bits per heavy atom. The highest BCUT2D eigenvalue weighted by atomic mass is 32.2. The summed E-state index contributed by atoms with van der Waals surface area (Å²) in [6, 6.07) is 14.1. The second-order valence-electron chi connectivity index (χ2n) is 7.19. The van der Waals surface area contributed by atoms with Crippen molar-refractivity contribution in [1.29, 1.82) is 0 Å². The summed E-state index contributed by atoms with van der Waals surface area (Å²) >= 11 is 1.34. The summed E-state index contributed by atoms with van der Waals surface area (Å²) in [6.07, 6.45) is 2.67. The first-order valence-electron chi connectivity index (χ1n) is 10.1. The van der Waals surface area contributed by atoms with Crippen molar-refractivity contribution in [3.8, 4) is 0 Å². The SMILES string of the molecule is CCCc1nnc2n1NC(c1ccc(CC)cc1)C(C(=O)Nc1ccccc1F)S2. The van der Waals surface area contributed by atoms with E-state index in [0.29, 0.717) is 5.16 Å². The molecule has 2 N–H and O–H groups in total. The van der Waals surface area contributed by atoms with Crippen molar-refractivity contribution in [1.82, 2.24) is 14.9 Å². The molecule has 0 saturated carbocycles. The van der Waals surface area contributed by atoms with Crippen LogP contribution in [0.25, 0.3) is 0 Å². The Morgan fingerprint density at radius 2 is 1.93 bits per heavy atom. The average Bonchev–Trinajstić information content (AvgIpc) is 3.16. The zero-order valence-corrected chi connectivity index (χ0v) is 17.7. The Bertz CT molecular complexity index is 1040. The van der Waals surface area contributed by atoms with Crippen LogP contribution in [0.3, 0.4) is 0 Å². The van der Waals surface area contributed by atoms with Gasteiger partial charge in [0.25, 0.3) is 0 Å². The van der Waals surface area contributed by atoms with E-state index in [0.717, 1.165) is 30.7 Å². The monoisotopic (exact) mass is 425 g/mol. The molecule has 0 fully saturated rings. The standard InChI is InChI=1S/C22H24FN5OS/c1-3-7-18-25-26-22-28(18)27-19(15-12-10-14(4-2)11-13-15)20(30-22)21(29)24-17-9-6-5-8-16(17)23/h5-6,8-13,19-20,27H,3-4,7H2,1-2H3,(H,24,29). The number of thioether (sulfide) groups is 1. The van der Waals surface area contributed by atoms with Crippen molar-refractivity contribution in [3.63, 3.8) is 0 Å². The molecular formula is C22H24FN5OS. The molecule has 1 aliphatic heterocycles. The van der Waals surface area contributed by atoms with Crippen molar-refractivity contribution in [2.24, 2.45) is 0 Å². The van der Waals surface area contributed by atoms with Gasteiger partial charge >= 0.3 is 0 Å². The van der Waals surface area contributed by atoms with Crippen molar-refractivity contribution in [2.45, 2.75) is 49.6 Å². The van der Waals surface area contributed by atoms with E-state index in [4.69, 9.17) is 0 Å². The van der Waals surface area contributed by atoms with Crippen LogP contribution in [0, 0.1) is 5.82 Å². The van der Waals surface area contributed by atoms with E-state index < -0.39 is 11.1 Å². The molecular weight excluding hydrogens is 401 g/mol. The van der Waals surface area contributed by atoms with Gasteiger partial charge in [-0.3, -0.25) is 4.79 Å². The van der Waals surface area contributed by atoms with Gasteiger partial charge in [-0.2, -0.15) is 0 Å². The first-order valence-corrected chi connectivity index (χ1v) is 11.0. The Labute approximate surface area is 179 Å². The summed E-state index contributed by atoms with van der Waals surface area (Å²) < 4.78 is 16.0. The highest BCUT2D eigenvalue weighted by molar-refractivity contribution is 8.00. The predicted octanol–water partition coefficient (Wildman–Crippen LogP) is 4.33.